The summed E-state index contributed by atoms with van der Waals surface area (Å²) in [6.07, 6.45) is 5.96. The van der Waals surface area contributed by atoms with Gasteiger partial charge in [0.2, 0.25) is 70.9 Å². The number of amides is 12. The lowest BCUT2D eigenvalue weighted by atomic mass is 9.96. The van der Waals surface area contributed by atoms with E-state index in [0.717, 1.165) is 48.8 Å². The minimum absolute atomic E-state index is 0.0221. The topological polar surface area (TPSA) is 507 Å². The quantitative estimate of drug-likeness (QED) is 0.0371. The van der Waals surface area contributed by atoms with Gasteiger partial charge >= 0.3 is 23.9 Å². The predicted molar refractivity (Wildman–Crippen MR) is 320 cm³/mol. The molecule has 3 aliphatic rings. The lowest BCUT2D eigenvalue weighted by molar-refractivity contribution is -0.150. The Morgan fingerprint density at radius 1 is 0.604 bits per heavy atom. The standard InChI is InChI=1S/C58H91N13O20/c1-8-30(4)18-13-11-9-10-12-14-21-39(72)63-36(26-44(79)80)51(83)69-48-33(7)62-52(84)38-20-17-23-71(38)56(88)45(29(2)3)67-55(87)47(32(6)59)66-41(74)28-61-49(81)34(24-42(75)76)64-40(73)27-60-50(82)35(25-43(77)78)65-54(86)46(31(5)58(90)91)68-53(85)37-19-15-16-22-70(37)57(48)89/h12,14,29-38,45-48H,8-11,13,15-28,59H2,1-7H3,(H,60,82)(H,61,81)(H,62,84)(H,63,72)(H,64,73)(H,65,86)(H,66,74)(H,67,87)(H,68,85)(H,69,83)(H,75,76)(H,77,78)(H,79,80)(H,90,91)/b14-12-/t30?,31-,32+,33?,34?,35-,36-,37+,38-,45+,46?,47?,48?/m0/s1. The van der Waals surface area contributed by atoms with E-state index in [0.29, 0.717) is 12.3 Å². The van der Waals surface area contributed by atoms with E-state index < -0.39 is 205 Å². The Morgan fingerprint density at radius 2 is 1.14 bits per heavy atom. The Hall–Kier alpha value is -8.78. The minimum Gasteiger partial charge on any atom is -0.481 e. The molecular weight excluding hydrogens is 1200 g/mol. The Morgan fingerprint density at radius 3 is 1.70 bits per heavy atom. The molecule has 508 valence electrons. The zero-order valence-electron chi connectivity index (χ0n) is 52.5. The maximum Gasteiger partial charge on any atom is 0.308 e. The first kappa shape index (κ1) is 76.5. The van der Waals surface area contributed by atoms with Gasteiger partial charge in [0.25, 0.3) is 0 Å². The summed E-state index contributed by atoms with van der Waals surface area (Å²) in [6.45, 7) is 8.66. The second-order valence-corrected chi connectivity index (χ2v) is 23.6. The van der Waals surface area contributed by atoms with E-state index in [2.05, 4.69) is 56.4 Å². The first-order valence-electron chi connectivity index (χ1n) is 30.6. The molecule has 13 atom stereocenters. The number of unbranched alkanes of at least 4 members (excludes halogenated alkanes) is 3. The first-order chi connectivity index (χ1) is 42.8. The summed E-state index contributed by atoms with van der Waals surface area (Å²) in [6, 6.07) is -18.5. The molecule has 91 heavy (non-hydrogen) atoms. The van der Waals surface area contributed by atoms with Gasteiger partial charge in [0, 0.05) is 25.6 Å². The molecule has 33 nitrogen and oxygen atoms in total. The number of nitrogens with two attached hydrogens (primary N) is 1. The molecule has 16 N–H and O–H groups in total. The van der Waals surface area contributed by atoms with Crippen molar-refractivity contribution in [2.75, 3.05) is 26.2 Å². The Kier molecular flexibility index (Phi) is 31.4. The monoisotopic (exact) mass is 1290 g/mol. The molecule has 0 radical (unpaired) electrons. The maximum atomic E-state index is 15.2. The molecule has 0 saturated carbocycles. The summed E-state index contributed by atoms with van der Waals surface area (Å²) in [5, 5.41) is 62.2. The van der Waals surface area contributed by atoms with Crippen molar-refractivity contribution in [3.8, 4) is 0 Å². The number of carboxylic acid groups (broad SMARTS) is 4. The van der Waals surface area contributed by atoms with Gasteiger partial charge < -0.3 is 89.1 Å². The first-order valence-corrected chi connectivity index (χ1v) is 30.6. The maximum absolute atomic E-state index is 15.2. The average molecular weight is 1290 g/mol. The van der Waals surface area contributed by atoms with Crippen molar-refractivity contribution in [3.05, 3.63) is 12.2 Å². The highest BCUT2D eigenvalue weighted by Crippen LogP contribution is 2.24. The highest BCUT2D eigenvalue weighted by molar-refractivity contribution is 6.01. The van der Waals surface area contributed by atoms with Crippen molar-refractivity contribution in [1.82, 2.24) is 63.0 Å². The molecular formula is C58H91N13O20. The summed E-state index contributed by atoms with van der Waals surface area (Å²) in [7, 11) is 0. The number of nitrogens with zero attached hydrogens (tertiary/aromatic N) is 2. The Balaban J connectivity index is 2.17. The second-order valence-electron chi connectivity index (χ2n) is 23.6. The molecule has 0 aliphatic carbocycles. The smallest absolute Gasteiger partial charge is 0.308 e. The number of carbonyl (C=O) groups is 16. The molecule has 3 rings (SSSR count). The summed E-state index contributed by atoms with van der Waals surface area (Å²) in [5.74, 6) is -21.9. The number of allylic oxidation sites excluding steroid dienone is 1. The third kappa shape index (κ3) is 24.8. The van der Waals surface area contributed by atoms with Gasteiger partial charge in [-0.3, -0.25) is 76.7 Å². The number of carboxylic acids is 4. The minimum atomic E-state index is -2.15. The highest BCUT2D eigenvalue weighted by Gasteiger charge is 2.45. The van der Waals surface area contributed by atoms with Crippen molar-refractivity contribution >= 4 is 94.8 Å². The van der Waals surface area contributed by atoms with Crippen LogP contribution in [0.1, 0.15) is 145 Å². The lowest BCUT2D eigenvalue weighted by Crippen LogP contribution is -2.66. The van der Waals surface area contributed by atoms with Crippen LogP contribution in [0.25, 0.3) is 0 Å². The van der Waals surface area contributed by atoms with Crippen LogP contribution in [0.4, 0.5) is 0 Å². The van der Waals surface area contributed by atoms with Crippen molar-refractivity contribution in [2.24, 2.45) is 23.5 Å². The fraction of sp³-hybridized carbons (Fsp3) is 0.690. The van der Waals surface area contributed by atoms with Crippen LogP contribution >= 0.6 is 0 Å². The van der Waals surface area contributed by atoms with Gasteiger partial charge in [0.05, 0.1) is 44.3 Å². The van der Waals surface area contributed by atoms with E-state index in [1.807, 2.05) is 10.6 Å². The molecule has 0 aromatic rings. The normalized spacial score (nSPS) is 25.6. The second kappa shape index (κ2) is 37.4. The molecule has 6 unspecified atom stereocenters. The van der Waals surface area contributed by atoms with Gasteiger partial charge in [-0.25, -0.2) is 0 Å². The molecule has 3 saturated heterocycles. The lowest BCUT2D eigenvalue weighted by Gasteiger charge is -2.39. The van der Waals surface area contributed by atoms with Gasteiger partial charge in [-0.05, 0) is 77.6 Å². The third-order valence-corrected chi connectivity index (χ3v) is 15.8. The van der Waals surface area contributed by atoms with Gasteiger partial charge in [0.1, 0.15) is 54.4 Å². The van der Waals surface area contributed by atoms with E-state index in [1.165, 1.54) is 13.8 Å². The number of hydrogen-bond donors (Lipinski definition) is 15. The van der Waals surface area contributed by atoms with Crippen LogP contribution in [0.15, 0.2) is 12.2 Å². The van der Waals surface area contributed by atoms with Crippen LogP contribution in [-0.4, -0.2) is 218 Å². The van der Waals surface area contributed by atoms with Crippen molar-refractivity contribution < 1.29 is 97.1 Å². The largest absolute Gasteiger partial charge is 0.481 e. The van der Waals surface area contributed by atoms with E-state index in [1.54, 1.807) is 26.0 Å². The van der Waals surface area contributed by atoms with Gasteiger partial charge in [-0.15, -0.1) is 0 Å². The average Bonchev–Trinajstić information content (AvgIpc) is 1.82. The summed E-state index contributed by atoms with van der Waals surface area (Å²) in [5.41, 5.74) is 6.11. The molecule has 12 amide bonds. The van der Waals surface area contributed by atoms with Crippen LogP contribution in [0, 0.1) is 17.8 Å². The SMILES string of the molecule is CCC(C)CCCCC/C=C\CC(=O)N[C@@H](CC(=O)O)C(=O)NC1C(=O)N2CCCC[C@@H]2C(=O)NC([C@H](C)C(=O)O)C(=O)N[C@@H](CC(=O)O)C(=O)NCC(=O)NC(CC(=O)O)C(=O)NCC(=O)NC([C@@H](C)N)C(=O)N[C@H](C(C)C)C(=O)N2CCC[C@H]2C(=O)NC1C. The molecule has 3 aliphatic heterocycles. The Bertz CT molecular complexity index is 2710. The number of nitrogens with one attached hydrogen (secondary N) is 10. The van der Waals surface area contributed by atoms with Crippen molar-refractivity contribution in [1.29, 1.82) is 0 Å². The highest BCUT2D eigenvalue weighted by atomic mass is 16.4. The van der Waals surface area contributed by atoms with E-state index in [4.69, 9.17) is 5.73 Å². The van der Waals surface area contributed by atoms with Crippen LogP contribution < -0.4 is 58.9 Å². The number of piperidine rings is 1. The number of aliphatic carboxylic acids is 4. The molecule has 3 fully saturated rings. The molecule has 0 spiro atoms. The van der Waals surface area contributed by atoms with Crippen LogP contribution in [-0.2, 0) is 76.7 Å². The van der Waals surface area contributed by atoms with Crippen LogP contribution in [0.3, 0.4) is 0 Å². The van der Waals surface area contributed by atoms with Crippen LogP contribution in [0.5, 0.6) is 0 Å². The molecule has 0 bridgehead atoms. The Labute approximate surface area is 526 Å². The van der Waals surface area contributed by atoms with E-state index in [-0.39, 0.29) is 51.6 Å². The van der Waals surface area contributed by atoms with Gasteiger partial charge in [-0.2, -0.15) is 0 Å². The fourth-order valence-corrected chi connectivity index (χ4v) is 10.4. The zero-order valence-corrected chi connectivity index (χ0v) is 52.5. The molecule has 3 heterocycles. The number of hydrogen-bond acceptors (Lipinski definition) is 17. The van der Waals surface area contributed by atoms with Crippen LogP contribution in [0.2, 0.25) is 0 Å². The van der Waals surface area contributed by atoms with Crippen molar-refractivity contribution in [2.45, 2.75) is 211 Å². The van der Waals surface area contributed by atoms with Gasteiger partial charge in [0.15, 0.2) is 0 Å². The predicted octanol–water partition coefficient (Wildman–Crippen LogP) is -3.41. The molecule has 0 aromatic heterocycles. The summed E-state index contributed by atoms with van der Waals surface area (Å²) >= 11 is 0. The zero-order chi connectivity index (χ0) is 68.4. The number of carbonyl (C=O) groups excluding carboxylic acids is 12. The summed E-state index contributed by atoms with van der Waals surface area (Å²) < 4.78 is 0. The van der Waals surface area contributed by atoms with Crippen molar-refractivity contribution in [3.63, 3.8) is 0 Å². The fourth-order valence-electron chi connectivity index (χ4n) is 10.4. The molecule has 33 heteroatoms. The number of fused-ring (bicyclic) bond motifs is 2. The number of rotatable bonds is 22. The third-order valence-electron chi connectivity index (χ3n) is 15.8. The summed E-state index contributed by atoms with van der Waals surface area (Å²) in [4.78, 5) is 218. The van der Waals surface area contributed by atoms with Gasteiger partial charge in [-0.1, -0.05) is 65.5 Å². The van der Waals surface area contributed by atoms with E-state index in [9.17, 15) is 92.3 Å². The molecule has 0 aromatic carbocycles. The van der Waals surface area contributed by atoms with E-state index >= 15 is 4.79 Å².